The van der Waals surface area contributed by atoms with Gasteiger partial charge < -0.3 is 0 Å². The van der Waals surface area contributed by atoms with E-state index in [1.807, 2.05) is 12.2 Å². The van der Waals surface area contributed by atoms with E-state index in [0.717, 1.165) is 0 Å². The first-order chi connectivity index (χ1) is 19.3. The zero-order chi connectivity index (χ0) is 28.2. The van der Waals surface area contributed by atoms with E-state index in [1.165, 1.54) is 157 Å². The van der Waals surface area contributed by atoms with Crippen LogP contribution in [0.25, 0.3) is 12.2 Å². The Bertz CT molecular complexity index is 829. The van der Waals surface area contributed by atoms with Crippen LogP contribution in [0.3, 0.4) is 0 Å². The van der Waals surface area contributed by atoms with Crippen LogP contribution in [0.15, 0.2) is 61.7 Å². The summed E-state index contributed by atoms with van der Waals surface area (Å²) < 4.78 is 0. The van der Waals surface area contributed by atoms with Gasteiger partial charge in [0, 0.05) is 0 Å². The number of unbranched alkanes of at least 4 members (excludes halogenated alkanes) is 17. The highest BCUT2D eigenvalue weighted by atomic mass is 14.1. The molecule has 218 valence electrons. The maximum Gasteiger partial charge on any atom is -0.0230 e. The van der Waals surface area contributed by atoms with Crippen LogP contribution in [0, 0.1) is 0 Å². The van der Waals surface area contributed by atoms with Gasteiger partial charge in [-0.15, -0.1) is 0 Å². The molecule has 0 radical (unpaired) electrons. The second-order valence-electron chi connectivity index (χ2n) is 11.3. The fourth-order valence-electron chi connectivity index (χ4n) is 5.35. The van der Waals surface area contributed by atoms with E-state index in [2.05, 4.69) is 75.5 Å². The van der Waals surface area contributed by atoms with Gasteiger partial charge in [0.25, 0.3) is 0 Å². The van der Waals surface area contributed by atoms with Crippen molar-refractivity contribution in [3.05, 3.63) is 83.9 Å². The molecule has 0 aromatic heterocycles. The van der Waals surface area contributed by atoms with Crippen molar-refractivity contribution in [3.63, 3.8) is 0 Å². The minimum Gasteiger partial charge on any atom is -0.0985 e. The maximum absolute atomic E-state index is 3.90. The zero-order valence-corrected chi connectivity index (χ0v) is 26.0. The normalized spacial score (nSPS) is 10.6. The molecule has 2 aromatic carbocycles. The third-order valence-corrected chi connectivity index (χ3v) is 7.90. The molecular weight excluding hydrogens is 468 g/mol. The summed E-state index contributed by atoms with van der Waals surface area (Å²) in [6, 6.07) is 17.3. The SMILES string of the molecule is C=Cc1ccccc1CCCCCCCCC.C=Cc1ccccc1CCCCCCCCCCCCCC. The lowest BCUT2D eigenvalue weighted by molar-refractivity contribution is 0.544. The number of hydrogen-bond acceptors (Lipinski definition) is 0. The smallest absolute Gasteiger partial charge is 0.0230 e. The lowest BCUT2D eigenvalue weighted by Gasteiger charge is -2.06. The second-order valence-corrected chi connectivity index (χ2v) is 11.3. The molecule has 0 saturated carbocycles. The third kappa shape index (κ3) is 18.8. The van der Waals surface area contributed by atoms with Crippen molar-refractivity contribution in [2.45, 2.75) is 149 Å². The summed E-state index contributed by atoms with van der Waals surface area (Å²) in [4.78, 5) is 0. The van der Waals surface area contributed by atoms with Crippen LogP contribution < -0.4 is 0 Å². The lowest BCUT2D eigenvalue weighted by atomic mass is 10.00. The molecule has 2 rings (SSSR count). The van der Waals surface area contributed by atoms with Gasteiger partial charge in [0.15, 0.2) is 0 Å². The molecule has 0 N–H and O–H groups in total. The monoisotopic (exact) mass is 530 g/mol. The van der Waals surface area contributed by atoms with Crippen LogP contribution in [0.5, 0.6) is 0 Å². The summed E-state index contributed by atoms with van der Waals surface area (Å²) in [5.74, 6) is 0. The van der Waals surface area contributed by atoms with Gasteiger partial charge in [-0.25, -0.2) is 0 Å². The van der Waals surface area contributed by atoms with E-state index in [1.54, 1.807) is 0 Å². The van der Waals surface area contributed by atoms with Crippen LogP contribution in [0.1, 0.15) is 158 Å². The molecule has 0 spiro atoms. The molecule has 0 unspecified atom stereocenters. The van der Waals surface area contributed by atoms with Gasteiger partial charge in [0.05, 0.1) is 0 Å². The van der Waals surface area contributed by atoms with Crippen LogP contribution in [-0.4, -0.2) is 0 Å². The minimum absolute atomic E-state index is 1.20. The molecule has 0 aliphatic heterocycles. The average Bonchev–Trinajstić information content (AvgIpc) is 2.98. The van der Waals surface area contributed by atoms with Crippen molar-refractivity contribution < 1.29 is 0 Å². The Labute approximate surface area is 244 Å². The Kier molecular flexibility index (Phi) is 23.4. The molecule has 0 aliphatic rings. The molecule has 0 fully saturated rings. The lowest BCUT2D eigenvalue weighted by Crippen LogP contribution is -1.90. The summed E-state index contributed by atoms with van der Waals surface area (Å²) in [7, 11) is 0. The molecule has 0 heterocycles. The Hall–Kier alpha value is -2.08. The van der Waals surface area contributed by atoms with Gasteiger partial charge in [-0.05, 0) is 47.9 Å². The van der Waals surface area contributed by atoms with Crippen molar-refractivity contribution in [1.82, 2.24) is 0 Å². The van der Waals surface area contributed by atoms with E-state index >= 15 is 0 Å². The van der Waals surface area contributed by atoms with Crippen molar-refractivity contribution in [2.75, 3.05) is 0 Å². The predicted octanol–water partition coefficient (Wildman–Crippen LogP) is 13.2. The topological polar surface area (TPSA) is 0 Å². The highest BCUT2D eigenvalue weighted by Crippen LogP contribution is 2.17. The Balaban J connectivity index is 0.000000403. The molecule has 0 nitrogen and oxygen atoms in total. The molecule has 0 heteroatoms. The summed E-state index contributed by atoms with van der Waals surface area (Å²) in [5, 5.41) is 0. The quantitative estimate of drug-likeness (QED) is 0.125. The molecular formula is C39H62. The number of aryl methyl sites for hydroxylation is 2. The van der Waals surface area contributed by atoms with Gasteiger partial charge in [0.1, 0.15) is 0 Å². The minimum atomic E-state index is 1.20. The first-order valence-electron chi connectivity index (χ1n) is 16.7. The second kappa shape index (κ2) is 26.2. The fourth-order valence-corrected chi connectivity index (χ4v) is 5.35. The fraction of sp³-hybridized carbons (Fsp3) is 0.590. The zero-order valence-electron chi connectivity index (χ0n) is 26.0. The molecule has 0 atom stereocenters. The van der Waals surface area contributed by atoms with Gasteiger partial charge in [-0.2, -0.15) is 0 Å². The standard InChI is InChI=1S/C22H36.C17H26/c1-3-5-6-7-8-9-10-11-12-13-14-15-19-22-20-17-16-18-21(22)4-2;1-3-5-6-7-8-9-10-14-17-15-12-11-13-16(17)4-2/h4,16-18,20H,2-3,5-15,19H2,1H3;4,11-13,15H,2-3,5-10,14H2,1H3. The van der Waals surface area contributed by atoms with Crippen LogP contribution in [0.4, 0.5) is 0 Å². The number of benzene rings is 2. The van der Waals surface area contributed by atoms with Crippen molar-refractivity contribution in [2.24, 2.45) is 0 Å². The van der Waals surface area contributed by atoms with Crippen molar-refractivity contribution in [1.29, 1.82) is 0 Å². The summed E-state index contributed by atoms with van der Waals surface area (Å²) >= 11 is 0. The summed E-state index contributed by atoms with van der Waals surface area (Å²) in [6.45, 7) is 12.3. The summed E-state index contributed by atoms with van der Waals surface area (Å²) in [6.07, 6.45) is 33.0. The molecule has 2 aromatic rings. The third-order valence-electron chi connectivity index (χ3n) is 7.90. The van der Waals surface area contributed by atoms with E-state index in [9.17, 15) is 0 Å². The maximum atomic E-state index is 3.90. The number of rotatable bonds is 23. The van der Waals surface area contributed by atoms with E-state index in [0.29, 0.717) is 0 Å². The molecule has 39 heavy (non-hydrogen) atoms. The highest BCUT2D eigenvalue weighted by molar-refractivity contribution is 5.52. The summed E-state index contributed by atoms with van der Waals surface area (Å²) in [5.41, 5.74) is 5.53. The molecule has 0 aliphatic carbocycles. The van der Waals surface area contributed by atoms with Gasteiger partial charge in [0.2, 0.25) is 0 Å². The molecule has 0 bridgehead atoms. The Morgan fingerprint density at radius 1 is 0.410 bits per heavy atom. The van der Waals surface area contributed by atoms with Crippen LogP contribution in [0.2, 0.25) is 0 Å². The first-order valence-corrected chi connectivity index (χ1v) is 16.7. The predicted molar refractivity (Wildman–Crippen MR) is 180 cm³/mol. The first kappa shape index (κ1) is 34.9. The van der Waals surface area contributed by atoms with Crippen molar-refractivity contribution >= 4 is 12.2 Å². The Morgan fingerprint density at radius 2 is 0.692 bits per heavy atom. The van der Waals surface area contributed by atoms with E-state index in [4.69, 9.17) is 0 Å². The van der Waals surface area contributed by atoms with Crippen LogP contribution in [-0.2, 0) is 12.8 Å². The molecule has 0 saturated heterocycles. The van der Waals surface area contributed by atoms with Gasteiger partial charge >= 0.3 is 0 Å². The van der Waals surface area contributed by atoms with Gasteiger partial charge in [-0.1, -0.05) is 197 Å². The van der Waals surface area contributed by atoms with Gasteiger partial charge in [-0.3, -0.25) is 0 Å². The largest absolute Gasteiger partial charge is 0.0985 e. The average molecular weight is 531 g/mol. The molecule has 0 amide bonds. The number of hydrogen-bond donors (Lipinski definition) is 0. The van der Waals surface area contributed by atoms with Crippen molar-refractivity contribution in [3.8, 4) is 0 Å². The van der Waals surface area contributed by atoms with E-state index < -0.39 is 0 Å². The van der Waals surface area contributed by atoms with E-state index in [-0.39, 0.29) is 0 Å². The Morgan fingerprint density at radius 3 is 1.00 bits per heavy atom. The van der Waals surface area contributed by atoms with Crippen LogP contribution >= 0.6 is 0 Å². The highest BCUT2D eigenvalue weighted by Gasteiger charge is 1.99.